The fourth-order valence-corrected chi connectivity index (χ4v) is 2.68. The van der Waals surface area contributed by atoms with E-state index in [-0.39, 0.29) is 5.91 Å². The number of nitrogens with one attached hydrogen (secondary N) is 1. The van der Waals surface area contributed by atoms with Crippen molar-refractivity contribution in [2.45, 2.75) is 6.92 Å². The lowest BCUT2D eigenvalue weighted by Crippen LogP contribution is -2.16. The predicted molar refractivity (Wildman–Crippen MR) is 85.0 cm³/mol. The zero-order valence-electron chi connectivity index (χ0n) is 10.00. The van der Waals surface area contributed by atoms with Crippen LogP contribution in [0.2, 0.25) is 0 Å². The first-order chi connectivity index (χ1) is 8.47. The highest BCUT2D eigenvalue weighted by Crippen LogP contribution is 2.20. The van der Waals surface area contributed by atoms with Gasteiger partial charge in [0.1, 0.15) is 5.69 Å². The van der Waals surface area contributed by atoms with E-state index in [1.165, 1.54) is 0 Å². The normalized spacial score (nSPS) is 10.4. The number of carbonyl (C=O) groups excluding carboxylic acids is 1. The summed E-state index contributed by atoms with van der Waals surface area (Å²) in [4.78, 5) is 12.2. The summed E-state index contributed by atoms with van der Waals surface area (Å²) in [6.07, 6.45) is 1.86. The molecular formula is C13H12BrIN2O. The highest BCUT2D eigenvalue weighted by atomic mass is 127. The first-order valence-corrected chi connectivity index (χ1v) is 7.24. The number of hydrogen-bond acceptors (Lipinski definition) is 1. The molecule has 0 fully saturated rings. The van der Waals surface area contributed by atoms with E-state index in [1.807, 2.05) is 38.4 Å². The van der Waals surface area contributed by atoms with Gasteiger partial charge >= 0.3 is 0 Å². The number of anilines is 1. The summed E-state index contributed by atoms with van der Waals surface area (Å²) < 4.78 is 3.79. The second-order valence-corrected chi connectivity index (χ2v) is 6.23. The van der Waals surface area contributed by atoms with Crippen LogP contribution in [0.25, 0.3) is 0 Å². The summed E-state index contributed by atoms with van der Waals surface area (Å²) in [5, 5.41) is 2.94. The van der Waals surface area contributed by atoms with Crippen LogP contribution in [0.3, 0.4) is 0 Å². The molecule has 1 aromatic carbocycles. The average molecular weight is 419 g/mol. The molecule has 5 heteroatoms. The fraction of sp³-hybridized carbons (Fsp3) is 0.154. The van der Waals surface area contributed by atoms with Crippen LogP contribution in [0.5, 0.6) is 0 Å². The molecule has 2 aromatic rings. The lowest BCUT2D eigenvalue weighted by atomic mass is 10.2. The number of nitrogens with zero attached hydrogens (tertiary/aromatic N) is 1. The number of carbonyl (C=O) groups is 1. The van der Waals surface area contributed by atoms with Gasteiger partial charge in [0.25, 0.3) is 5.91 Å². The molecule has 0 saturated heterocycles. The maximum Gasteiger partial charge on any atom is 0.272 e. The van der Waals surface area contributed by atoms with Gasteiger partial charge in [0.15, 0.2) is 0 Å². The van der Waals surface area contributed by atoms with Crippen molar-refractivity contribution < 1.29 is 4.79 Å². The van der Waals surface area contributed by atoms with Gasteiger partial charge in [0.05, 0.1) is 0 Å². The van der Waals surface area contributed by atoms with Crippen LogP contribution < -0.4 is 5.32 Å². The maximum atomic E-state index is 12.2. The van der Waals surface area contributed by atoms with E-state index >= 15 is 0 Å². The number of rotatable bonds is 2. The van der Waals surface area contributed by atoms with E-state index in [0.29, 0.717) is 5.69 Å². The Bertz CT molecular complexity index is 607. The Morgan fingerprint density at radius 1 is 1.39 bits per heavy atom. The van der Waals surface area contributed by atoms with Crippen molar-refractivity contribution in [1.82, 2.24) is 4.57 Å². The molecule has 0 radical (unpaired) electrons. The van der Waals surface area contributed by atoms with Crippen LogP contribution in [-0.4, -0.2) is 10.5 Å². The minimum Gasteiger partial charge on any atom is -0.345 e. The van der Waals surface area contributed by atoms with Crippen LogP contribution in [0.15, 0.2) is 34.9 Å². The van der Waals surface area contributed by atoms with Crippen molar-refractivity contribution >= 4 is 50.1 Å². The standard InChI is InChI=1S/C13H12BrIN2O/c1-8-3-4-10(15)6-11(8)16-13(18)12-5-9(14)7-17(12)2/h3-7H,1-2H3,(H,16,18). The minimum atomic E-state index is -0.103. The number of aryl methyl sites for hydroxylation is 2. The number of aromatic nitrogens is 1. The average Bonchev–Trinajstić information content (AvgIpc) is 2.63. The van der Waals surface area contributed by atoms with Gasteiger partial charge in [-0.1, -0.05) is 6.07 Å². The first kappa shape index (κ1) is 13.6. The molecule has 18 heavy (non-hydrogen) atoms. The molecule has 0 spiro atoms. The van der Waals surface area contributed by atoms with E-state index in [0.717, 1.165) is 19.3 Å². The number of halogens is 2. The third-order valence-electron chi connectivity index (χ3n) is 2.65. The van der Waals surface area contributed by atoms with Crippen molar-refractivity contribution in [3.63, 3.8) is 0 Å². The van der Waals surface area contributed by atoms with E-state index in [2.05, 4.69) is 43.8 Å². The largest absolute Gasteiger partial charge is 0.345 e. The molecule has 2 rings (SSSR count). The second kappa shape index (κ2) is 5.44. The Morgan fingerprint density at radius 3 is 2.72 bits per heavy atom. The molecule has 3 nitrogen and oxygen atoms in total. The highest BCUT2D eigenvalue weighted by Gasteiger charge is 2.12. The lowest BCUT2D eigenvalue weighted by molar-refractivity contribution is 0.101. The molecule has 0 aliphatic heterocycles. The van der Waals surface area contributed by atoms with Crippen LogP contribution in [-0.2, 0) is 7.05 Å². The Balaban J connectivity index is 2.26. The Hall–Kier alpha value is -0.820. The molecular weight excluding hydrogens is 407 g/mol. The Kier molecular flexibility index (Phi) is 4.11. The van der Waals surface area contributed by atoms with E-state index < -0.39 is 0 Å². The highest BCUT2D eigenvalue weighted by molar-refractivity contribution is 14.1. The zero-order chi connectivity index (χ0) is 13.3. The summed E-state index contributed by atoms with van der Waals surface area (Å²) >= 11 is 5.59. The summed E-state index contributed by atoms with van der Waals surface area (Å²) in [6.45, 7) is 1.98. The van der Waals surface area contributed by atoms with E-state index in [4.69, 9.17) is 0 Å². The minimum absolute atomic E-state index is 0.103. The van der Waals surface area contributed by atoms with Crippen LogP contribution in [0.4, 0.5) is 5.69 Å². The molecule has 1 amide bonds. The summed E-state index contributed by atoms with van der Waals surface area (Å²) in [6, 6.07) is 7.79. The van der Waals surface area contributed by atoms with Gasteiger partial charge in [-0.25, -0.2) is 0 Å². The SMILES string of the molecule is Cc1ccc(I)cc1NC(=O)c1cc(Br)cn1C. The van der Waals surface area contributed by atoms with Gasteiger partial charge in [-0.15, -0.1) is 0 Å². The quantitative estimate of drug-likeness (QED) is 0.736. The third-order valence-corrected chi connectivity index (χ3v) is 3.76. The van der Waals surface area contributed by atoms with Gasteiger partial charge in [-0.05, 0) is 69.2 Å². The van der Waals surface area contributed by atoms with Crippen molar-refractivity contribution in [3.05, 3.63) is 49.8 Å². The molecule has 1 heterocycles. The molecule has 1 aromatic heterocycles. The van der Waals surface area contributed by atoms with E-state index in [9.17, 15) is 4.79 Å². The van der Waals surface area contributed by atoms with Crippen molar-refractivity contribution in [1.29, 1.82) is 0 Å². The molecule has 0 bridgehead atoms. The smallest absolute Gasteiger partial charge is 0.272 e. The van der Waals surface area contributed by atoms with Crippen LogP contribution in [0, 0.1) is 10.5 Å². The zero-order valence-corrected chi connectivity index (χ0v) is 13.7. The topological polar surface area (TPSA) is 34.0 Å². The molecule has 0 atom stereocenters. The maximum absolute atomic E-state index is 12.2. The first-order valence-electron chi connectivity index (χ1n) is 5.37. The van der Waals surface area contributed by atoms with Crippen molar-refractivity contribution in [2.24, 2.45) is 7.05 Å². The second-order valence-electron chi connectivity index (χ2n) is 4.07. The Labute approximate surface area is 128 Å². The fourth-order valence-electron chi connectivity index (χ4n) is 1.67. The summed E-state index contributed by atoms with van der Waals surface area (Å²) in [7, 11) is 1.85. The summed E-state index contributed by atoms with van der Waals surface area (Å²) in [5.74, 6) is -0.103. The predicted octanol–water partition coefficient (Wildman–Crippen LogP) is 3.95. The van der Waals surface area contributed by atoms with Gasteiger partial charge < -0.3 is 9.88 Å². The Morgan fingerprint density at radius 2 is 2.11 bits per heavy atom. The molecule has 0 saturated carbocycles. The molecule has 94 valence electrons. The lowest BCUT2D eigenvalue weighted by Gasteiger charge is -2.09. The van der Waals surface area contributed by atoms with Crippen molar-refractivity contribution in [3.8, 4) is 0 Å². The van der Waals surface area contributed by atoms with E-state index in [1.54, 1.807) is 10.6 Å². The van der Waals surface area contributed by atoms with Crippen LogP contribution >= 0.6 is 38.5 Å². The van der Waals surface area contributed by atoms with Gasteiger partial charge in [-0.3, -0.25) is 4.79 Å². The van der Waals surface area contributed by atoms with Gasteiger partial charge in [-0.2, -0.15) is 0 Å². The number of hydrogen-bond donors (Lipinski definition) is 1. The number of amides is 1. The molecule has 0 aliphatic rings. The number of benzene rings is 1. The molecule has 1 N–H and O–H groups in total. The van der Waals surface area contributed by atoms with Gasteiger partial charge in [0.2, 0.25) is 0 Å². The monoisotopic (exact) mass is 418 g/mol. The molecule has 0 aliphatic carbocycles. The van der Waals surface area contributed by atoms with Crippen LogP contribution in [0.1, 0.15) is 16.1 Å². The molecule has 0 unspecified atom stereocenters. The third kappa shape index (κ3) is 2.95. The van der Waals surface area contributed by atoms with Crippen molar-refractivity contribution in [2.75, 3.05) is 5.32 Å². The van der Waals surface area contributed by atoms with Gasteiger partial charge in [0, 0.05) is 27.0 Å². The summed E-state index contributed by atoms with van der Waals surface area (Å²) in [5.41, 5.74) is 2.53.